The van der Waals surface area contributed by atoms with Gasteiger partial charge in [0.05, 0.1) is 0 Å². The first-order chi connectivity index (χ1) is 21.6. The fraction of sp³-hybridized carbons (Fsp3) is 0.846. The summed E-state index contributed by atoms with van der Waals surface area (Å²) in [6, 6.07) is 0. The van der Waals surface area contributed by atoms with Gasteiger partial charge in [0.1, 0.15) is 18.6 Å². The summed E-state index contributed by atoms with van der Waals surface area (Å²) in [6.45, 7) is 4.70. The predicted octanol–water partition coefficient (Wildman–Crippen LogP) is 12.8. The summed E-state index contributed by atoms with van der Waals surface area (Å²) in [4.78, 5) is 24.0. The van der Waals surface area contributed by atoms with Crippen molar-refractivity contribution >= 4 is 23.5 Å². The van der Waals surface area contributed by atoms with Gasteiger partial charge in [-0.25, -0.2) is 0 Å². The third kappa shape index (κ3) is 35.2. The Morgan fingerprint density at radius 2 is 0.727 bits per heavy atom. The van der Waals surface area contributed by atoms with Crippen LogP contribution in [0.1, 0.15) is 194 Å². The molecule has 0 saturated heterocycles. The van der Waals surface area contributed by atoms with E-state index < -0.39 is 5.38 Å². The van der Waals surface area contributed by atoms with Gasteiger partial charge >= 0.3 is 11.9 Å². The van der Waals surface area contributed by atoms with Crippen LogP contribution in [0.2, 0.25) is 0 Å². The molecule has 0 bridgehead atoms. The van der Waals surface area contributed by atoms with Gasteiger partial charge in [-0.05, 0) is 64.2 Å². The maximum atomic E-state index is 12.0. The van der Waals surface area contributed by atoms with E-state index in [2.05, 4.69) is 38.2 Å². The number of allylic oxidation sites excluding steroid dienone is 4. The van der Waals surface area contributed by atoms with Crippen LogP contribution in [-0.2, 0) is 19.1 Å². The largest absolute Gasteiger partial charge is 0.464 e. The standard InChI is InChI=1S/C39H71ClO4/c1-3-5-7-9-11-13-15-17-19-21-23-25-27-29-31-33-38(41)43-35-37(40)36-44-39(42)34-32-30-28-26-24-22-20-18-16-14-12-10-8-6-4-2/h17-20,37H,3-16,21-36H2,1-2H3/b19-17-,20-18-. The molecule has 0 atom stereocenters. The number of ether oxygens (including phenoxy) is 2. The summed E-state index contributed by atoms with van der Waals surface area (Å²) in [7, 11) is 0. The lowest BCUT2D eigenvalue weighted by Crippen LogP contribution is -2.21. The van der Waals surface area contributed by atoms with Gasteiger partial charge in [-0.1, -0.05) is 141 Å². The number of unbranched alkanes of at least 4 members (excludes halogenated alkanes) is 22. The Hall–Kier alpha value is -1.29. The third-order valence-electron chi connectivity index (χ3n) is 8.14. The summed E-state index contributed by atoms with van der Waals surface area (Å²) >= 11 is 6.20. The van der Waals surface area contributed by atoms with Crippen LogP contribution in [0, 0.1) is 0 Å². The number of esters is 2. The average Bonchev–Trinajstić information content (AvgIpc) is 3.02. The molecule has 0 aliphatic heterocycles. The molecule has 0 fully saturated rings. The lowest BCUT2D eigenvalue weighted by Gasteiger charge is -2.11. The summed E-state index contributed by atoms with van der Waals surface area (Å²) in [5.74, 6) is -0.430. The van der Waals surface area contributed by atoms with Crippen molar-refractivity contribution in [3.63, 3.8) is 0 Å². The first kappa shape index (κ1) is 42.7. The molecule has 0 spiro atoms. The predicted molar refractivity (Wildman–Crippen MR) is 190 cm³/mol. The van der Waals surface area contributed by atoms with Crippen molar-refractivity contribution in [1.82, 2.24) is 0 Å². The monoisotopic (exact) mass is 639 g/mol. The van der Waals surface area contributed by atoms with Crippen molar-refractivity contribution < 1.29 is 19.1 Å². The topological polar surface area (TPSA) is 52.6 Å². The zero-order valence-corrected chi connectivity index (χ0v) is 29.9. The van der Waals surface area contributed by atoms with E-state index in [0.29, 0.717) is 12.8 Å². The van der Waals surface area contributed by atoms with E-state index in [1.165, 1.54) is 116 Å². The number of alkyl halides is 1. The van der Waals surface area contributed by atoms with Crippen LogP contribution in [0.25, 0.3) is 0 Å². The van der Waals surface area contributed by atoms with Gasteiger partial charge in [0.25, 0.3) is 0 Å². The molecule has 0 aliphatic carbocycles. The van der Waals surface area contributed by atoms with Gasteiger partial charge in [0.15, 0.2) is 0 Å². The molecule has 0 radical (unpaired) electrons. The Bertz CT molecular complexity index is 619. The zero-order chi connectivity index (χ0) is 32.2. The normalized spacial score (nSPS) is 11.7. The summed E-state index contributed by atoms with van der Waals surface area (Å²) in [6.07, 6.45) is 42.3. The minimum atomic E-state index is -0.494. The first-order valence-corrected chi connectivity index (χ1v) is 19.3. The molecule has 0 rings (SSSR count). The molecule has 4 nitrogen and oxygen atoms in total. The summed E-state index contributed by atoms with van der Waals surface area (Å²) in [5, 5.41) is -0.494. The van der Waals surface area contributed by atoms with E-state index in [1.807, 2.05) is 0 Å². The van der Waals surface area contributed by atoms with Gasteiger partial charge < -0.3 is 9.47 Å². The van der Waals surface area contributed by atoms with Gasteiger partial charge in [-0.15, -0.1) is 11.6 Å². The van der Waals surface area contributed by atoms with Crippen molar-refractivity contribution in [2.75, 3.05) is 13.2 Å². The minimum absolute atomic E-state index is 0.0894. The SMILES string of the molecule is CCCCCCCC/C=C\CCCCCCCC(=O)OCC(Cl)COC(=O)CCCCCCC/C=C\CCCCCCCC. The van der Waals surface area contributed by atoms with Gasteiger partial charge in [-0.2, -0.15) is 0 Å². The number of halogens is 1. The van der Waals surface area contributed by atoms with Crippen molar-refractivity contribution in [2.24, 2.45) is 0 Å². The maximum Gasteiger partial charge on any atom is 0.305 e. The molecule has 0 aliphatic rings. The van der Waals surface area contributed by atoms with E-state index in [1.54, 1.807) is 0 Å². The van der Waals surface area contributed by atoms with Crippen molar-refractivity contribution in [1.29, 1.82) is 0 Å². The van der Waals surface area contributed by atoms with Crippen molar-refractivity contribution in [2.45, 2.75) is 199 Å². The lowest BCUT2D eigenvalue weighted by molar-refractivity contribution is -0.146. The van der Waals surface area contributed by atoms with Gasteiger partial charge in [0, 0.05) is 12.8 Å². The number of hydrogen-bond acceptors (Lipinski definition) is 4. The van der Waals surface area contributed by atoms with E-state index >= 15 is 0 Å². The second-order valence-corrected chi connectivity index (χ2v) is 13.2. The number of carbonyl (C=O) groups is 2. The molecular weight excluding hydrogens is 568 g/mol. The Morgan fingerprint density at radius 1 is 0.455 bits per heavy atom. The van der Waals surface area contributed by atoms with E-state index in [9.17, 15) is 9.59 Å². The lowest BCUT2D eigenvalue weighted by atomic mass is 10.1. The number of rotatable bonds is 34. The quantitative estimate of drug-likeness (QED) is 0.0304. The van der Waals surface area contributed by atoms with Crippen LogP contribution in [0.15, 0.2) is 24.3 Å². The Kier molecular flexibility index (Phi) is 35.1. The van der Waals surface area contributed by atoms with Crippen LogP contribution < -0.4 is 0 Å². The minimum Gasteiger partial charge on any atom is -0.464 e. The van der Waals surface area contributed by atoms with Crippen molar-refractivity contribution in [3.05, 3.63) is 24.3 Å². The van der Waals surface area contributed by atoms with E-state index in [4.69, 9.17) is 21.1 Å². The van der Waals surface area contributed by atoms with E-state index in [0.717, 1.165) is 51.4 Å². The molecule has 258 valence electrons. The smallest absolute Gasteiger partial charge is 0.305 e. The molecule has 5 heteroatoms. The molecule has 0 aromatic carbocycles. The fourth-order valence-electron chi connectivity index (χ4n) is 5.24. The van der Waals surface area contributed by atoms with Gasteiger partial charge in [0.2, 0.25) is 0 Å². The van der Waals surface area contributed by atoms with Crippen LogP contribution in [0.3, 0.4) is 0 Å². The number of hydrogen-bond donors (Lipinski definition) is 0. The number of carbonyl (C=O) groups excluding carboxylic acids is 2. The molecule has 0 N–H and O–H groups in total. The summed E-state index contributed by atoms with van der Waals surface area (Å²) < 4.78 is 10.5. The van der Waals surface area contributed by atoms with Crippen LogP contribution in [-0.4, -0.2) is 30.5 Å². The first-order valence-electron chi connectivity index (χ1n) is 18.8. The molecule has 0 aromatic heterocycles. The van der Waals surface area contributed by atoms with Crippen LogP contribution in [0.4, 0.5) is 0 Å². The maximum absolute atomic E-state index is 12.0. The second kappa shape index (κ2) is 36.2. The molecule has 0 heterocycles. The summed E-state index contributed by atoms with van der Waals surface area (Å²) in [5.41, 5.74) is 0. The molecule has 44 heavy (non-hydrogen) atoms. The Balaban J connectivity index is 3.45. The van der Waals surface area contributed by atoms with Crippen molar-refractivity contribution in [3.8, 4) is 0 Å². The highest BCUT2D eigenvalue weighted by Gasteiger charge is 2.12. The second-order valence-electron chi connectivity index (χ2n) is 12.6. The third-order valence-corrected chi connectivity index (χ3v) is 8.39. The zero-order valence-electron chi connectivity index (χ0n) is 29.1. The Labute approximate surface area is 278 Å². The Morgan fingerprint density at radius 3 is 1.05 bits per heavy atom. The van der Waals surface area contributed by atoms with Gasteiger partial charge in [-0.3, -0.25) is 9.59 Å². The molecule has 0 unspecified atom stereocenters. The molecule has 0 amide bonds. The highest BCUT2D eigenvalue weighted by molar-refractivity contribution is 6.21. The van der Waals surface area contributed by atoms with Crippen LogP contribution in [0.5, 0.6) is 0 Å². The molecule has 0 aromatic rings. The van der Waals surface area contributed by atoms with Crippen LogP contribution >= 0.6 is 11.6 Å². The molecule has 0 saturated carbocycles. The fourth-order valence-corrected chi connectivity index (χ4v) is 5.37. The molecular formula is C39H71ClO4. The average molecular weight is 639 g/mol. The highest BCUT2D eigenvalue weighted by Crippen LogP contribution is 2.12. The van der Waals surface area contributed by atoms with E-state index in [-0.39, 0.29) is 25.2 Å². The highest BCUT2D eigenvalue weighted by atomic mass is 35.5.